The van der Waals surface area contributed by atoms with Crippen LogP contribution in [0.15, 0.2) is 48.5 Å². The van der Waals surface area contributed by atoms with E-state index in [2.05, 4.69) is 63.1 Å². The lowest BCUT2D eigenvalue weighted by molar-refractivity contribution is -0.136. The van der Waals surface area contributed by atoms with Crippen molar-refractivity contribution in [2.45, 2.75) is 115 Å². The molecule has 0 heterocycles. The highest BCUT2D eigenvalue weighted by Gasteiger charge is 2.33. The van der Waals surface area contributed by atoms with Crippen LogP contribution in [0.25, 0.3) is 11.1 Å². The van der Waals surface area contributed by atoms with Crippen LogP contribution in [0.1, 0.15) is 88.6 Å². The van der Waals surface area contributed by atoms with Gasteiger partial charge in [0.25, 0.3) is 5.91 Å². The largest absolute Gasteiger partial charge is 0.475 e. The summed E-state index contributed by atoms with van der Waals surface area (Å²) in [6.07, 6.45) is 2.09. The summed E-state index contributed by atoms with van der Waals surface area (Å²) < 4.78 is 0. The van der Waals surface area contributed by atoms with Crippen molar-refractivity contribution in [1.82, 2.24) is 31.9 Å². The Bertz CT molecular complexity index is 1680. The first kappa shape index (κ1) is 48.8. The van der Waals surface area contributed by atoms with E-state index >= 15 is 0 Å². The fraction of sp³-hybridized carbons (Fsp3) is 0.513. The summed E-state index contributed by atoms with van der Waals surface area (Å²) in [5.41, 5.74) is 14.5. The van der Waals surface area contributed by atoms with Crippen LogP contribution in [0.5, 0.6) is 0 Å². The van der Waals surface area contributed by atoms with Crippen molar-refractivity contribution >= 4 is 48.5 Å². The smallest absolute Gasteiger partial charge is 0.426 e. The molecule has 2 aromatic rings. The Morgan fingerprint density at radius 2 is 1.33 bits per heavy atom. The molecule has 58 heavy (non-hydrogen) atoms. The van der Waals surface area contributed by atoms with Crippen LogP contribution in [0.2, 0.25) is 0 Å². The van der Waals surface area contributed by atoms with E-state index < -0.39 is 85.2 Å². The molecule has 318 valence electrons. The Hall–Kier alpha value is -5.37. The summed E-state index contributed by atoms with van der Waals surface area (Å²) in [6.45, 7) is 6.17. The van der Waals surface area contributed by atoms with Gasteiger partial charge >= 0.3 is 7.12 Å². The predicted molar refractivity (Wildman–Crippen MR) is 217 cm³/mol. The summed E-state index contributed by atoms with van der Waals surface area (Å²) in [5.74, 6) is -6.74. The summed E-state index contributed by atoms with van der Waals surface area (Å²) in [7, 11) is -1.93. The molecule has 0 bridgehead atoms. The Morgan fingerprint density at radius 3 is 1.88 bits per heavy atom. The van der Waals surface area contributed by atoms with E-state index in [9.17, 15) is 48.7 Å². The van der Waals surface area contributed by atoms with Crippen LogP contribution in [0.3, 0.4) is 0 Å². The van der Waals surface area contributed by atoms with Crippen molar-refractivity contribution in [2.24, 2.45) is 11.5 Å². The number of aliphatic hydroxyl groups is 1. The van der Waals surface area contributed by atoms with Crippen LogP contribution >= 0.6 is 0 Å². The fourth-order valence-electron chi connectivity index (χ4n) is 5.61. The van der Waals surface area contributed by atoms with Crippen LogP contribution in [-0.4, -0.2) is 113 Å². The average molecular weight is 811 g/mol. The highest BCUT2D eigenvalue weighted by molar-refractivity contribution is 6.43. The number of benzene rings is 2. The zero-order valence-corrected chi connectivity index (χ0v) is 33.6. The van der Waals surface area contributed by atoms with E-state index in [-0.39, 0.29) is 25.3 Å². The molecule has 0 radical (unpaired) electrons. The van der Waals surface area contributed by atoms with Gasteiger partial charge in [0.2, 0.25) is 35.4 Å². The van der Waals surface area contributed by atoms with E-state index in [1.165, 1.54) is 26.3 Å². The minimum atomic E-state index is -1.93. The maximum Gasteiger partial charge on any atom is 0.475 e. The topological polar surface area (TPSA) is 304 Å². The molecule has 0 saturated heterocycles. The quantitative estimate of drug-likeness (QED) is 0.0413. The van der Waals surface area contributed by atoms with Gasteiger partial charge in [-0.15, -0.1) is 0 Å². The zero-order valence-electron chi connectivity index (χ0n) is 33.6. The second-order valence-electron chi connectivity index (χ2n) is 14.2. The molecule has 0 aliphatic heterocycles. The SMILES string of the molecule is CCCCc1ccc(-c2ccc(C(=O)NCCC(=O)NC(CCCCN)C(=O)NC(C(=O)NC(C)C(=O)NC(CC(N)=O)C(=O)NC(C)B(O)O)C(C)O)cc2)cc1. The molecule has 13 N–H and O–H groups in total. The first-order valence-corrected chi connectivity index (χ1v) is 19.5. The average Bonchev–Trinajstić information content (AvgIpc) is 3.18. The maximum atomic E-state index is 13.4. The molecular formula is C39H59BN8O10. The second-order valence-corrected chi connectivity index (χ2v) is 14.2. The minimum Gasteiger partial charge on any atom is -0.426 e. The number of aliphatic hydroxyl groups excluding tert-OH is 1. The molecule has 2 aromatic carbocycles. The molecule has 0 aromatic heterocycles. The predicted octanol–water partition coefficient (Wildman–Crippen LogP) is -1.32. The van der Waals surface area contributed by atoms with E-state index in [0.29, 0.717) is 24.9 Å². The molecule has 2 rings (SSSR count). The third kappa shape index (κ3) is 17.0. The maximum absolute atomic E-state index is 13.4. The molecular weight excluding hydrogens is 751 g/mol. The van der Waals surface area contributed by atoms with Crippen molar-refractivity contribution in [1.29, 1.82) is 0 Å². The monoisotopic (exact) mass is 810 g/mol. The van der Waals surface area contributed by atoms with E-state index in [1.54, 1.807) is 12.1 Å². The van der Waals surface area contributed by atoms with E-state index in [4.69, 9.17) is 11.5 Å². The van der Waals surface area contributed by atoms with E-state index in [1.807, 2.05) is 12.1 Å². The highest BCUT2D eigenvalue weighted by atomic mass is 16.4. The molecule has 0 saturated carbocycles. The van der Waals surface area contributed by atoms with Crippen molar-refractivity contribution in [3.63, 3.8) is 0 Å². The Kier molecular flexibility index (Phi) is 21.1. The van der Waals surface area contributed by atoms with Gasteiger partial charge in [-0.1, -0.05) is 49.7 Å². The molecule has 6 atom stereocenters. The number of nitrogens with two attached hydrogens (primary N) is 2. The first-order chi connectivity index (χ1) is 27.5. The Morgan fingerprint density at radius 1 is 0.724 bits per heavy atom. The van der Waals surface area contributed by atoms with Crippen molar-refractivity contribution in [3.8, 4) is 11.1 Å². The van der Waals surface area contributed by atoms with Gasteiger partial charge in [-0.05, 0) is 88.2 Å². The van der Waals surface area contributed by atoms with Crippen LogP contribution in [0, 0.1) is 0 Å². The summed E-state index contributed by atoms with van der Waals surface area (Å²) >= 11 is 0. The number of hydrogen-bond donors (Lipinski definition) is 11. The Balaban J connectivity index is 1.99. The Labute approximate surface area is 339 Å². The minimum absolute atomic E-state index is 0.0359. The number of carbonyl (C=O) groups is 7. The first-order valence-electron chi connectivity index (χ1n) is 19.5. The van der Waals surface area contributed by atoms with Crippen LogP contribution in [-0.2, 0) is 35.2 Å². The van der Waals surface area contributed by atoms with Crippen molar-refractivity contribution < 1.29 is 48.7 Å². The molecule has 6 unspecified atom stereocenters. The molecule has 0 aliphatic carbocycles. The number of hydrogen-bond acceptors (Lipinski definition) is 11. The van der Waals surface area contributed by atoms with Crippen LogP contribution < -0.4 is 43.4 Å². The van der Waals surface area contributed by atoms with Gasteiger partial charge in [-0.25, -0.2) is 0 Å². The van der Waals surface area contributed by atoms with Crippen molar-refractivity contribution in [3.05, 3.63) is 59.7 Å². The van der Waals surface area contributed by atoms with Gasteiger partial charge in [-0.2, -0.15) is 0 Å². The molecule has 18 nitrogen and oxygen atoms in total. The summed E-state index contributed by atoms with van der Waals surface area (Å²) in [5, 5.41) is 43.5. The van der Waals surface area contributed by atoms with Crippen LogP contribution in [0.4, 0.5) is 0 Å². The molecule has 19 heteroatoms. The standard InChI is InChI=1S/C39H59BN8O10/c1-5-6-9-26-11-13-27(14-12-26)28-15-17-29(18-16-28)36(53)43-21-19-33(51)46-30(10-7-8-20-41)37(54)48-34(24(3)49)39(56)44-23(2)35(52)47-31(22-32(42)50)38(55)45-25(4)40(57)58/h11-18,23-25,30-31,34,49,57-58H,5-10,19-22,41H2,1-4H3,(H2,42,50)(H,43,53)(H,44,56)(H,45,55)(H,46,51)(H,47,52)(H,48,54). The summed E-state index contributed by atoms with van der Waals surface area (Å²) in [4.78, 5) is 89.4. The lowest BCUT2D eigenvalue weighted by Crippen LogP contribution is -2.60. The van der Waals surface area contributed by atoms with Gasteiger partial charge in [0.15, 0.2) is 0 Å². The molecule has 0 aliphatic rings. The number of amides is 7. The number of primary amides is 1. The van der Waals surface area contributed by atoms with Gasteiger partial charge in [0.1, 0.15) is 24.2 Å². The van der Waals surface area contributed by atoms with E-state index in [0.717, 1.165) is 30.4 Å². The number of rotatable bonds is 25. The summed E-state index contributed by atoms with van der Waals surface area (Å²) in [6, 6.07) is 9.77. The number of nitrogens with one attached hydrogen (secondary N) is 6. The zero-order chi connectivity index (χ0) is 43.4. The lowest BCUT2D eigenvalue weighted by Gasteiger charge is -2.26. The normalized spacial score (nSPS) is 14.0. The highest BCUT2D eigenvalue weighted by Crippen LogP contribution is 2.21. The van der Waals surface area contributed by atoms with Gasteiger partial charge < -0.3 is 58.5 Å². The number of unbranched alkanes of at least 4 members (excludes halogenated alkanes) is 2. The fourth-order valence-corrected chi connectivity index (χ4v) is 5.61. The van der Waals surface area contributed by atoms with Crippen molar-refractivity contribution in [2.75, 3.05) is 13.1 Å². The van der Waals surface area contributed by atoms with Gasteiger partial charge in [-0.3, -0.25) is 33.6 Å². The number of carbonyl (C=O) groups excluding carboxylic acids is 7. The third-order valence-corrected chi connectivity index (χ3v) is 9.16. The molecule has 0 spiro atoms. The molecule has 0 fully saturated rings. The third-order valence-electron chi connectivity index (χ3n) is 9.16. The molecule has 7 amide bonds. The second kappa shape index (κ2) is 25.1. The lowest BCUT2D eigenvalue weighted by atomic mass is 9.81. The number of aryl methyl sites for hydroxylation is 1. The van der Waals surface area contributed by atoms with Gasteiger partial charge in [0, 0.05) is 18.5 Å². The van der Waals surface area contributed by atoms with Gasteiger partial charge in [0.05, 0.1) is 18.5 Å².